The quantitative estimate of drug-likeness (QED) is 0.192. The average Bonchev–Trinajstić information content (AvgIpc) is 2.52. The minimum absolute atomic E-state index is 0.0793. The van der Waals surface area contributed by atoms with Gasteiger partial charge in [0.25, 0.3) is 0 Å². The molecule has 1 N–H and O–H groups in total. The zero-order chi connectivity index (χ0) is 17.9. The second kappa shape index (κ2) is 17.4. The zero-order valence-electron chi connectivity index (χ0n) is 15.1. The van der Waals surface area contributed by atoms with E-state index < -0.39 is 10.4 Å². The molecule has 0 amide bonds. The predicted octanol–water partition coefficient (Wildman–Crippen LogP) is 5.25. The summed E-state index contributed by atoms with van der Waals surface area (Å²) in [5.41, 5.74) is 0. The Morgan fingerprint density at radius 2 is 0.958 bits per heavy atom. The normalized spacial score (nSPS) is 11.7. The van der Waals surface area contributed by atoms with Gasteiger partial charge in [0.1, 0.15) is 6.29 Å². The van der Waals surface area contributed by atoms with Crippen LogP contribution in [0, 0.1) is 0 Å². The van der Waals surface area contributed by atoms with Crippen molar-refractivity contribution in [2.75, 3.05) is 6.61 Å². The van der Waals surface area contributed by atoms with Crippen molar-refractivity contribution in [1.82, 2.24) is 0 Å². The van der Waals surface area contributed by atoms with Crippen molar-refractivity contribution in [2.45, 2.75) is 103 Å². The minimum Gasteiger partial charge on any atom is -0.303 e. The fourth-order valence-corrected chi connectivity index (χ4v) is 3.12. The molecule has 0 aliphatic heterocycles. The van der Waals surface area contributed by atoms with Crippen LogP contribution in [0.3, 0.4) is 0 Å². The lowest BCUT2D eigenvalue weighted by Gasteiger charge is -2.03. The lowest BCUT2D eigenvalue weighted by molar-refractivity contribution is -0.107. The van der Waals surface area contributed by atoms with Crippen molar-refractivity contribution in [1.29, 1.82) is 0 Å². The van der Waals surface area contributed by atoms with Crippen molar-refractivity contribution in [3.8, 4) is 0 Å². The van der Waals surface area contributed by atoms with Crippen LogP contribution in [0.4, 0.5) is 0 Å². The molecular formula is C18H36O5S. The van der Waals surface area contributed by atoms with Crippen LogP contribution in [0.25, 0.3) is 0 Å². The van der Waals surface area contributed by atoms with Gasteiger partial charge in [-0.1, -0.05) is 83.5 Å². The lowest BCUT2D eigenvalue weighted by Crippen LogP contribution is -2.04. The highest BCUT2D eigenvalue weighted by Crippen LogP contribution is 2.13. The molecule has 0 unspecified atom stereocenters. The first kappa shape index (κ1) is 23.5. The van der Waals surface area contributed by atoms with Crippen LogP contribution < -0.4 is 0 Å². The van der Waals surface area contributed by atoms with Crippen LogP contribution in [0.2, 0.25) is 0 Å². The Balaban J connectivity index is 3.04. The molecular weight excluding hydrogens is 328 g/mol. The van der Waals surface area contributed by atoms with Crippen LogP contribution >= 0.6 is 0 Å². The van der Waals surface area contributed by atoms with E-state index in [-0.39, 0.29) is 6.61 Å². The maximum atomic E-state index is 10.3. The van der Waals surface area contributed by atoms with E-state index in [0.717, 1.165) is 32.0 Å². The summed E-state index contributed by atoms with van der Waals surface area (Å²) in [5.74, 6) is 0. The van der Waals surface area contributed by atoms with Gasteiger partial charge in [-0.2, -0.15) is 8.42 Å². The van der Waals surface area contributed by atoms with Crippen LogP contribution in [-0.2, 0) is 19.4 Å². The highest BCUT2D eigenvalue weighted by molar-refractivity contribution is 7.80. The maximum absolute atomic E-state index is 10.3. The molecule has 6 heteroatoms. The predicted molar refractivity (Wildman–Crippen MR) is 97.4 cm³/mol. The number of rotatable bonds is 19. The fraction of sp³-hybridized carbons (Fsp3) is 0.944. The van der Waals surface area contributed by atoms with Crippen LogP contribution in [0.1, 0.15) is 103 Å². The smallest absolute Gasteiger partial charge is 0.303 e. The van der Waals surface area contributed by atoms with Gasteiger partial charge in [0.05, 0.1) is 6.61 Å². The summed E-state index contributed by atoms with van der Waals surface area (Å²) < 4.78 is 33.3. The summed E-state index contributed by atoms with van der Waals surface area (Å²) in [4.78, 5) is 10.2. The number of hydrogen-bond acceptors (Lipinski definition) is 4. The monoisotopic (exact) mass is 364 g/mol. The molecule has 0 atom stereocenters. The fourth-order valence-electron chi connectivity index (χ4n) is 2.79. The first-order chi connectivity index (χ1) is 11.6. The Morgan fingerprint density at radius 1 is 0.625 bits per heavy atom. The molecule has 0 radical (unpaired) electrons. The van der Waals surface area contributed by atoms with Gasteiger partial charge >= 0.3 is 10.4 Å². The second-order valence-corrected chi connectivity index (χ2v) is 7.60. The SMILES string of the molecule is O=CCCCCCCCCCCCCCCCCCOS(=O)(=O)O. The topological polar surface area (TPSA) is 80.7 Å². The van der Waals surface area contributed by atoms with Gasteiger partial charge in [-0.05, 0) is 12.8 Å². The van der Waals surface area contributed by atoms with E-state index in [9.17, 15) is 13.2 Å². The molecule has 0 fully saturated rings. The Bertz CT molecular complexity index is 368. The van der Waals surface area contributed by atoms with E-state index in [4.69, 9.17) is 4.55 Å². The summed E-state index contributed by atoms with van der Waals surface area (Å²) in [6, 6.07) is 0. The lowest BCUT2D eigenvalue weighted by atomic mass is 10.0. The Hall–Kier alpha value is -0.460. The summed E-state index contributed by atoms with van der Waals surface area (Å²) in [5, 5.41) is 0. The summed E-state index contributed by atoms with van der Waals surface area (Å²) in [7, 11) is -4.26. The summed E-state index contributed by atoms with van der Waals surface area (Å²) in [6.45, 7) is 0.0793. The zero-order valence-corrected chi connectivity index (χ0v) is 15.9. The maximum Gasteiger partial charge on any atom is 0.397 e. The van der Waals surface area contributed by atoms with Gasteiger partial charge in [-0.3, -0.25) is 4.55 Å². The Morgan fingerprint density at radius 3 is 1.29 bits per heavy atom. The average molecular weight is 365 g/mol. The number of unbranched alkanes of at least 4 members (excludes halogenated alkanes) is 15. The van der Waals surface area contributed by atoms with E-state index in [0.29, 0.717) is 6.42 Å². The first-order valence-electron chi connectivity index (χ1n) is 9.62. The van der Waals surface area contributed by atoms with Crippen molar-refractivity contribution >= 4 is 16.7 Å². The first-order valence-corrected chi connectivity index (χ1v) is 11.0. The van der Waals surface area contributed by atoms with Gasteiger partial charge in [0, 0.05) is 6.42 Å². The van der Waals surface area contributed by atoms with Gasteiger partial charge < -0.3 is 4.79 Å². The number of carbonyl (C=O) groups excluding carboxylic acids is 1. The van der Waals surface area contributed by atoms with E-state index in [2.05, 4.69) is 4.18 Å². The highest BCUT2D eigenvalue weighted by Gasteiger charge is 2.02. The van der Waals surface area contributed by atoms with Gasteiger partial charge in [-0.15, -0.1) is 0 Å². The van der Waals surface area contributed by atoms with Crippen LogP contribution in [-0.4, -0.2) is 25.9 Å². The molecule has 0 saturated carbocycles. The third-order valence-electron chi connectivity index (χ3n) is 4.20. The van der Waals surface area contributed by atoms with Crippen molar-refractivity contribution in [2.24, 2.45) is 0 Å². The Kier molecular flexibility index (Phi) is 17.0. The van der Waals surface area contributed by atoms with Gasteiger partial charge in [0.15, 0.2) is 0 Å². The van der Waals surface area contributed by atoms with Crippen molar-refractivity contribution in [3.63, 3.8) is 0 Å². The van der Waals surface area contributed by atoms with Crippen molar-refractivity contribution in [3.05, 3.63) is 0 Å². The molecule has 0 saturated heterocycles. The molecule has 24 heavy (non-hydrogen) atoms. The molecule has 0 heterocycles. The van der Waals surface area contributed by atoms with E-state index in [1.165, 1.54) is 70.6 Å². The highest BCUT2D eigenvalue weighted by atomic mass is 32.3. The van der Waals surface area contributed by atoms with E-state index in [1.54, 1.807) is 0 Å². The molecule has 144 valence electrons. The van der Waals surface area contributed by atoms with Crippen LogP contribution in [0.5, 0.6) is 0 Å². The second-order valence-electron chi connectivity index (χ2n) is 6.51. The summed E-state index contributed by atoms with van der Waals surface area (Å²) >= 11 is 0. The van der Waals surface area contributed by atoms with E-state index >= 15 is 0 Å². The van der Waals surface area contributed by atoms with Gasteiger partial charge in [0.2, 0.25) is 0 Å². The number of aldehydes is 1. The minimum atomic E-state index is -4.26. The van der Waals surface area contributed by atoms with Gasteiger partial charge in [-0.25, -0.2) is 4.18 Å². The molecule has 0 aliphatic rings. The molecule has 0 bridgehead atoms. The third-order valence-corrected chi connectivity index (χ3v) is 4.66. The molecule has 0 spiro atoms. The molecule has 0 aromatic rings. The third kappa shape index (κ3) is 21.5. The number of hydrogen-bond donors (Lipinski definition) is 1. The van der Waals surface area contributed by atoms with E-state index in [1.807, 2.05) is 0 Å². The largest absolute Gasteiger partial charge is 0.397 e. The molecule has 5 nitrogen and oxygen atoms in total. The Labute approximate surface area is 148 Å². The molecule has 0 aromatic heterocycles. The number of carbonyl (C=O) groups is 1. The standard InChI is InChI=1S/C18H36O5S/c19-17-15-13-11-9-7-5-3-1-2-4-6-8-10-12-14-16-18-23-24(20,21)22/h17H,1-16,18H2,(H,20,21,22). The van der Waals surface area contributed by atoms with Crippen LogP contribution in [0.15, 0.2) is 0 Å². The molecule has 0 rings (SSSR count). The van der Waals surface area contributed by atoms with Crippen molar-refractivity contribution < 1.29 is 21.9 Å². The molecule has 0 aliphatic carbocycles. The molecule has 0 aromatic carbocycles. The summed E-state index contributed by atoms with van der Waals surface area (Å²) in [6.07, 6.45) is 19.6.